The minimum absolute atomic E-state index is 0.0317. The van der Waals surface area contributed by atoms with Gasteiger partial charge in [-0.2, -0.15) is 0 Å². The number of rotatable bonds is 7. The van der Waals surface area contributed by atoms with Crippen molar-refractivity contribution in [1.29, 1.82) is 0 Å². The highest BCUT2D eigenvalue weighted by Crippen LogP contribution is 2.31. The molecule has 2 aliphatic rings. The molecule has 3 rings (SSSR count). The molecule has 1 saturated heterocycles. The van der Waals surface area contributed by atoms with Gasteiger partial charge in [-0.3, -0.25) is 9.59 Å². The Hall–Kier alpha value is -2.21. The molecular weight excluding hydrogens is 346 g/mol. The molecule has 0 aromatic heterocycles. The molecule has 1 saturated carbocycles. The van der Waals surface area contributed by atoms with Gasteiger partial charge in [-0.1, -0.05) is 31.0 Å². The lowest BCUT2D eigenvalue weighted by atomic mass is 9.97. The molecule has 1 aromatic carbocycles. The van der Waals surface area contributed by atoms with E-state index in [1.165, 1.54) is 0 Å². The molecule has 1 aromatic rings. The van der Waals surface area contributed by atoms with Crippen LogP contribution in [0.2, 0.25) is 0 Å². The largest absolute Gasteiger partial charge is 0.460 e. The molecule has 1 atom stereocenters. The van der Waals surface area contributed by atoms with Crippen LogP contribution in [0.25, 0.3) is 0 Å². The molecule has 1 aliphatic carbocycles. The lowest BCUT2D eigenvalue weighted by Crippen LogP contribution is -2.53. The predicted octanol–water partition coefficient (Wildman–Crippen LogP) is 2.96. The Morgan fingerprint density at radius 2 is 1.85 bits per heavy atom. The smallest absolute Gasteiger partial charge is 0.338 e. The van der Waals surface area contributed by atoms with Crippen LogP contribution in [0.5, 0.6) is 0 Å². The first kappa shape index (κ1) is 19.5. The lowest BCUT2D eigenvalue weighted by Gasteiger charge is -2.38. The summed E-state index contributed by atoms with van der Waals surface area (Å²) in [5.74, 6) is -0.366. The summed E-state index contributed by atoms with van der Waals surface area (Å²) in [5.41, 5.74) is -0.302. The summed E-state index contributed by atoms with van der Waals surface area (Å²) in [7, 11) is 0. The van der Waals surface area contributed by atoms with Gasteiger partial charge in [0.25, 0.3) is 5.91 Å². The third kappa shape index (κ3) is 4.56. The van der Waals surface area contributed by atoms with E-state index in [0.717, 1.165) is 25.7 Å². The second-order valence-corrected chi connectivity index (χ2v) is 7.94. The standard InChI is InChI=1S/C21H27NO5/c1-21(2,14-27-20(25)16-10-4-3-5-11-16)22-18(24)13-26-19(22)12-17(23)15-8-6-7-9-15/h3-5,10-11,15,19H,6-9,12-14H2,1-2H3. The van der Waals surface area contributed by atoms with Gasteiger partial charge in [0.2, 0.25) is 0 Å². The van der Waals surface area contributed by atoms with Gasteiger partial charge in [-0.15, -0.1) is 0 Å². The van der Waals surface area contributed by atoms with Gasteiger partial charge in [0.1, 0.15) is 25.2 Å². The summed E-state index contributed by atoms with van der Waals surface area (Å²) in [6, 6.07) is 8.73. The van der Waals surface area contributed by atoms with Crippen LogP contribution in [-0.4, -0.2) is 47.5 Å². The van der Waals surface area contributed by atoms with Gasteiger partial charge in [0.15, 0.2) is 0 Å². The lowest BCUT2D eigenvalue weighted by molar-refractivity contribution is -0.138. The Bertz CT molecular complexity index is 694. The van der Waals surface area contributed by atoms with Crippen LogP contribution in [0.15, 0.2) is 30.3 Å². The summed E-state index contributed by atoms with van der Waals surface area (Å²) in [5, 5.41) is 0. The molecule has 0 radical (unpaired) electrons. The summed E-state index contributed by atoms with van der Waals surface area (Å²) < 4.78 is 11.0. The third-order valence-electron chi connectivity index (χ3n) is 5.36. The van der Waals surface area contributed by atoms with Crippen LogP contribution in [0.3, 0.4) is 0 Å². The van der Waals surface area contributed by atoms with Crippen molar-refractivity contribution in [2.45, 2.75) is 57.7 Å². The number of nitrogens with zero attached hydrogens (tertiary/aromatic N) is 1. The van der Waals surface area contributed by atoms with Crippen molar-refractivity contribution >= 4 is 17.7 Å². The second kappa shape index (κ2) is 8.21. The molecule has 0 spiro atoms. The maximum atomic E-state index is 12.5. The minimum Gasteiger partial charge on any atom is -0.460 e. The van der Waals surface area contributed by atoms with E-state index in [-0.39, 0.29) is 37.2 Å². The van der Waals surface area contributed by atoms with Crippen molar-refractivity contribution in [3.05, 3.63) is 35.9 Å². The zero-order chi connectivity index (χ0) is 19.4. The number of Topliss-reactive ketones (excluding diaryl/α,β-unsaturated/α-hetero) is 1. The van der Waals surface area contributed by atoms with E-state index in [4.69, 9.17) is 9.47 Å². The minimum atomic E-state index is -0.765. The summed E-state index contributed by atoms with van der Waals surface area (Å²) in [4.78, 5) is 38.7. The van der Waals surface area contributed by atoms with E-state index >= 15 is 0 Å². The highest BCUT2D eigenvalue weighted by molar-refractivity contribution is 5.89. The third-order valence-corrected chi connectivity index (χ3v) is 5.36. The van der Waals surface area contributed by atoms with Crippen LogP contribution in [0, 0.1) is 5.92 Å². The van der Waals surface area contributed by atoms with Crippen molar-refractivity contribution in [2.24, 2.45) is 5.92 Å². The Labute approximate surface area is 159 Å². The molecule has 146 valence electrons. The maximum absolute atomic E-state index is 12.5. The number of carbonyl (C=O) groups excluding carboxylic acids is 3. The van der Waals surface area contributed by atoms with E-state index < -0.39 is 17.7 Å². The SMILES string of the molecule is CC(C)(COC(=O)c1ccccc1)N1C(=O)COC1CC(=O)C1CCCC1. The van der Waals surface area contributed by atoms with E-state index in [2.05, 4.69) is 0 Å². The van der Waals surface area contributed by atoms with Crippen molar-refractivity contribution < 1.29 is 23.9 Å². The predicted molar refractivity (Wildman–Crippen MR) is 99.0 cm³/mol. The van der Waals surface area contributed by atoms with Crippen LogP contribution in [-0.2, 0) is 19.1 Å². The Morgan fingerprint density at radius 3 is 2.52 bits per heavy atom. The Morgan fingerprint density at radius 1 is 1.19 bits per heavy atom. The topological polar surface area (TPSA) is 72.9 Å². The number of esters is 1. The van der Waals surface area contributed by atoms with Gasteiger partial charge in [0.05, 0.1) is 17.5 Å². The molecule has 0 bridgehead atoms. The number of benzene rings is 1. The molecular formula is C21H27NO5. The first-order chi connectivity index (χ1) is 12.9. The number of hydrogen-bond acceptors (Lipinski definition) is 5. The average Bonchev–Trinajstić information content (AvgIpc) is 3.31. The van der Waals surface area contributed by atoms with Gasteiger partial charge in [-0.25, -0.2) is 4.79 Å². The highest BCUT2D eigenvalue weighted by Gasteiger charge is 2.44. The van der Waals surface area contributed by atoms with Gasteiger partial charge < -0.3 is 14.4 Å². The Balaban J connectivity index is 1.62. The molecule has 2 fully saturated rings. The fourth-order valence-electron chi connectivity index (χ4n) is 3.91. The van der Waals surface area contributed by atoms with E-state index in [9.17, 15) is 14.4 Å². The van der Waals surface area contributed by atoms with Gasteiger partial charge in [0, 0.05) is 5.92 Å². The summed E-state index contributed by atoms with van der Waals surface area (Å²) >= 11 is 0. The highest BCUT2D eigenvalue weighted by atomic mass is 16.5. The van der Waals surface area contributed by atoms with Crippen LogP contribution >= 0.6 is 0 Å². The normalized spacial score (nSPS) is 20.9. The van der Waals surface area contributed by atoms with Crippen molar-refractivity contribution in [3.63, 3.8) is 0 Å². The van der Waals surface area contributed by atoms with Crippen molar-refractivity contribution in [3.8, 4) is 0 Å². The van der Waals surface area contributed by atoms with Crippen LogP contribution in [0.4, 0.5) is 0 Å². The maximum Gasteiger partial charge on any atom is 0.338 e. The number of hydrogen-bond donors (Lipinski definition) is 0. The number of ether oxygens (including phenoxy) is 2. The molecule has 1 amide bonds. The monoisotopic (exact) mass is 373 g/mol. The first-order valence-electron chi connectivity index (χ1n) is 9.57. The zero-order valence-corrected chi connectivity index (χ0v) is 16.0. The molecule has 6 nitrogen and oxygen atoms in total. The fraction of sp³-hybridized carbons (Fsp3) is 0.571. The fourth-order valence-corrected chi connectivity index (χ4v) is 3.91. The van der Waals surface area contributed by atoms with Gasteiger partial charge in [-0.05, 0) is 38.8 Å². The van der Waals surface area contributed by atoms with Gasteiger partial charge >= 0.3 is 5.97 Å². The Kier molecular flexibility index (Phi) is 5.95. The van der Waals surface area contributed by atoms with E-state index in [1.807, 2.05) is 19.9 Å². The first-order valence-corrected chi connectivity index (χ1v) is 9.57. The number of ketones is 1. The van der Waals surface area contributed by atoms with E-state index in [1.54, 1.807) is 29.2 Å². The molecule has 0 N–H and O–H groups in total. The molecule has 27 heavy (non-hydrogen) atoms. The summed E-state index contributed by atoms with van der Waals surface area (Å²) in [6.45, 7) is 3.64. The summed E-state index contributed by atoms with van der Waals surface area (Å²) in [6.07, 6.45) is 3.65. The van der Waals surface area contributed by atoms with Crippen molar-refractivity contribution in [1.82, 2.24) is 4.90 Å². The number of carbonyl (C=O) groups is 3. The van der Waals surface area contributed by atoms with Crippen LogP contribution < -0.4 is 0 Å². The quantitative estimate of drug-likeness (QED) is 0.687. The molecule has 1 unspecified atom stereocenters. The van der Waals surface area contributed by atoms with Crippen molar-refractivity contribution in [2.75, 3.05) is 13.2 Å². The molecule has 1 heterocycles. The molecule has 1 aliphatic heterocycles. The molecule has 6 heteroatoms. The zero-order valence-electron chi connectivity index (χ0n) is 16.0. The average molecular weight is 373 g/mol. The number of amides is 1. The van der Waals surface area contributed by atoms with E-state index in [0.29, 0.717) is 5.56 Å². The van der Waals surface area contributed by atoms with Crippen LogP contribution in [0.1, 0.15) is 56.3 Å². The second-order valence-electron chi connectivity index (χ2n) is 7.94.